The summed E-state index contributed by atoms with van der Waals surface area (Å²) in [5, 5.41) is 0. The van der Waals surface area contributed by atoms with Crippen LogP contribution in [0, 0.1) is 12.3 Å². The monoisotopic (exact) mass is 208 g/mol. The van der Waals surface area contributed by atoms with E-state index in [4.69, 9.17) is 6.42 Å². The summed E-state index contributed by atoms with van der Waals surface area (Å²) in [6, 6.07) is 0. The predicted octanol–water partition coefficient (Wildman–Crippen LogP) is 1.49. The van der Waals surface area contributed by atoms with Gasteiger partial charge in [-0.3, -0.25) is 0 Å². The van der Waals surface area contributed by atoms with Crippen molar-refractivity contribution in [1.29, 1.82) is 0 Å². The van der Waals surface area contributed by atoms with E-state index in [1.807, 2.05) is 6.92 Å². The number of rotatable bonds is 0. The molecule has 0 N–H and O–H groups in total. The molecule has 0 aromatic carbocycles. The molecule has 0 rings (SSSR count). The summed E-state index contributed by atoms with van der Waals surface area (Å²) in [4.78, 5) is 0. The van der Waals surface area contributed by atoms with Gasteiger partial charge in [0.25, 0.3) is 0 Å². The quantitative estimate of drug-likeness (QED) is 0.321. The van der Waals surface area contributed by atoms with Crippen molar-refractivity contribution in [2.45, 2.75) is 13.3 Å². The molecule has 0 bridgehead atoms. The molecule has 0 radical (unpaired) electrons. The van der Waals surface area contributed by atoms with Gasteiger partial charge in [0.1, 0.15) is 0 Å². The van der Waals surface area contributed by atoms with Crippen LogP contribution in [0.4, 0.5) is 0 Å². The van der Waals surface area contributed by atoms with Crippen LogP contribution in [0.1, 0.15) is 16.2 Å². The van der Waals surface area contributed by atoms with E-state index in [1.54, 1.807) is 0 Å². The zero-order chi connectivity index (χ0) is 3.41. The van der Waals surface area contributed by atoms with Crippen LogP contribution < -0.4 is 0 Å². The predicted molar refractivity (Wildman–Crippen MR) is 42.5 cm³/mol. The van der Waals surface area contributed by atoms with Crippen molar-refractivity contribution >= 4 is 47.0 Å². The third kappa shape index (κ3) is 19.7. The maximum absolute atomic E-state index is 4.78. The minimum absolute atomic E-state index is 0. The summed E-state index contributed by atoms with van der Waals surface area (Å²) >= 11 is 0. The second-order valence-corrected chi connectivity index (χ2v) is 0.558. The Labute approximate surface area is 75.2 Å². The summed E-state index contributed by atoms with van der Waals surface area (Å²) in [5.74, 6) is 2.43. The SMILES string of the molecule is C#CCC.I.[H-].[H-].[Mg+2]. The largest absolute Gasteiger partial charge is 2.00 e. The molecule has 6 heavy (non-hydrogen) atoms. The van der Waals surface area contributed by atoms with Crippen molar-refractivity contribution in [3.63, 3.8) is 0 Å². The van der Waals surface area contributed by atoms with Gasteiger partial charge in [0.2, 0.25) is 0 Å². The molecule has 0 fully saturated rings. The zero-order valence-electron chi connectivity index (χ0n) is 5.90. The molecule has 34 valence electrons. The molecule has 0 heterocycles. The molecule has 2 heteroatoms. The molecule has 0 spiro atoms. The van der Waals surface area contributed by atoms with E-state index in [2.05, 4.69) is 5.92 Å². The summed E-state index contributed by atoms with van der Waals surface area (Å²) in [6.45, 7) is 1.94. The summed E-state index contributed by atoms with van der Waals surface area (Å²) in [6.07, 6.45) is 5.62. The van der Waals surface area contributed by atoms with Crippen molar-refractivity contribution in [3.05, 3.63) is 0 Å². The molecule has 0 nitrogen and oxygen atoms in total. The Morgan fingerprint density at radius 2 is 2.00 bits per heavy atom. The van der Waals surface area contributed by atoms with E-state index in [0.29, 0.717) is 0 Å². The molecular weight excluding hydrogens is 199 g/mol. The van der Waals surface area contributed by atoms with E-state index in [9.17, 15) is 0 Å². The molecule has 0 aromatic heterocycles. The number of hydrogen-bond acceptors (Lipinski definition) is 0. The van der Waals surface area contributed by atoms with Crippen molar-refractivity contribution in [3.8, 4) is 12.3 Å². The second kappa shape index (κ2) is 16.6. The normalized spacial score (nSPS) is 3.33. The van der Waals surface area contributed by atoms with Gasteiger partial charge in [-0.2, -0.15) is 0 Å². The topological polar surface area (TPSA) is 0 Å². The van der Waals surface area contributed by atoms with Crippen LogP contribution in [-0.2, 0) is 0 Å². The fraction of sp³-hybridized carbons (Fsp3) is 0.500. The van der Waals surface area contributed by atoms with Gasteiger partial charge in [-0.15, -0.1) is 36.3 Å². The van der Waals surface area contributed by atoms with Crippen LogP contribution in [0.2, 0.25) is 0 Å². The first-order chi connectivity index (χ1) is 1.91. The van der Waals surface area contributed by atoms with Gasteiger partial charge in [-0.25, -0.2) is 0 Å². The Kier molecular flexibility index (Phi) is 43.5. The first-order valence-electron chi connectivity index (χ1n) is 1.35. The maximum atomic E-state index is 4.78. The molecule has 0 saturated heterocycles. The van der Waals surface area contributed by atoms with Gasteiger partial charge in [0.05, 0.1) is 0 Å². The van der Waals surface area contributed by atoms with Crippen LogP contribution in [0.15, 0.2) is 0 Å². The molecule has 0 saturated carbocycles. The Morgan fingerprint density at radius 3 is 2.00 bits per heavy atom. The van der Waals surface area contributed by atoms with Crippen LogP contribution in [-0.4, -0.2) is 23.1 Å². The zero-order valence-corrected chi connectivity index (χ0v) is 7.64. The maximum Gasteiger partial charge on any atom is 2.00 e. The smallest absolute Gasteiger partial charge is 1.00 e. The van der Waals surface area contributed by atoms with Gasteiger partial charge in [0, 0.05) is 6.42 Å². The average Bonchev–Trinajstić information content (AvgIpc) is 1.37. The Bertz CT molecular complexity index is 43.8. The van der Waals surface area contributed by atoms with Crippen LogP contribution >= 0.6 is 24.0 Å². The minimum atomic E-state index is 0. The van der Waals surface area contributed by atoms with Gasteiger partial charge in [-0.1, -0.05) is 6.92 Å². The van der Waals surface area contributed by atoms with Crippen LogP contribution in [0.5, 0.6) is 0 Å². The Hall–Kier alpha value is 1.06. The van der Waals surface area contributed by atoms with Gasteiger partial charge < -0.3 is 2.85 Å². The standard InChI is InChI=1S/C4H6.HI.Mg.2H/c1-3-4-2;;;;/h1H,4H2,2H3;1H;;;/q;;+2;2*-1. The molecule has 0 aromatic rings. The van der Waals surface area contributed by atoms with Crippen molar-refractivity contribution in [1.82, 2.24) is 0 Å². The van der Waals surface area contributed by atoms with Crippen LogP contribution in [0.25, 0.3) is 0 Å². The fourth-order valence-corrected chi connectivity index (χ4v) is 0. The van der Waals surface area contributed by atoms with E-state index in [0.717, 1.165) is 6.42 Å². The summed E-state index contributed by atoms with van der Waals surface area (Å²) in [5.41, 5.74) is 0. The van der Waals surface area contributed by atoms with E-state index < -0.39 is 0 Å². The van der Waals surface area contributed by atoms with Gasteiger partial charge in [-0.05, 0) is 0 Å². The molecule has 0 unspecified atom stereocenters. The van der Waals surface area contributed by atoms with Crippen molar-refractivity contribution < 1.29 is 2.85 Å². The number of terminal acetylenes is 1. The molecular formula is C4H9IMg. The van der Waals surface area contributed by atoms with E-state index in [1.165, 1.54) is 0 Å². The third-order valence-corrected chi connectivity index (χ3v) is 0.204. The first kappa shape index (κ1) is 15.7. The van der Waals surface area contributed by atoms with E-state index in [-0.39, 0.29) is 49.9 Å². The number of halogens is 1. The molecule has 0 atom stereocenters. The molecule has 0 aliphatic carbocycles. The summed E-state index contributed by atoms with van der Waals surface area (Å²) < 4.78 is 0. The first-order valence-corrected chi connectivity index (χ1v) is 1.35. The molecule has 0 amide bonds. The van der Waals surface area contributed by atoms with Gasteiger partial charge >= 0.3 is 23.1 Å². The third-order valence-electron chi connectivity index (χ3n) is 0.204. The molecule has 0 aliphatic heterocycles. The Morgan fingerprint density at radius 1 is 1.83 bits per heavy atom. The molecule has 0 aliphatic rings. The van der Waals surface area contributed by atoms with E-state index >= 15 is 0 Å². The van der Waals surface area contributed by atoms with Crippen molar-refractivity contribution in [2.75, 3.05) is 0 Å². The average molecular weight is 208 g/mol. The Balaban J connectivity index is -0.00000000750. The fourth-order valence-electron chi connectivity index (χ4n) is 0. The van der Waals surface area contributed by atoms with Crippen molar-refractivity contribution in [2.24, 2.45) is 0 Å². The second-order valence-electron chi connectivity index (χ2n) is 0.558. The summed E-state index contributed by atoms with van der Waals surface area (Å²) in [7, 11) is 0. The van der Waals surface area contributed by atoms with Gasteiger partial charge in [0.15, 0.2) is 0 Å². The minimum Gasteiger partial charge on any atom is -1.00 e. The number of hydrogen-bond donors (Lipinski definition) is 0. The van der Waals surface area contributed by atoms with Crippen LogP contribution in [0.3, 0.4) is 0 Å².